The summed E-state index contributed by atoms with van der Waals surface area (Å²) in [6.45, 7) is 3.55. The lowest BCUT2D eigenvalue weighted by atomic mass is 10.1. The Morgan fingerprint density at radius 1 is 1.24 bits per heavy atom. The van der Waals surface area contributed by atoms with Crippen LogP contribution in [0.4, 0.5) is 11.4 Å². The van der Waals surface area contributed by atoms with Gasteiger partial charge in [0.25, 0.3) is 5.91 Å². The van der Waals surface area contributed by atoms with E-state index in [0.717, 1.165) is 16.9 Å². The number of esters is 1. The lowest BCUT2D eigenvalue weighted by Gasteiger charge is -2.24. The van der Waals surface area contributed by atoms with Gasteiger partial charge in [-0.05, 0) is 49.2 Å². The molecule has 0 aromatic heterocycles. The van der Waals surface area contributed by atoms with E-state index in [1.54, 1.807) is 30.3 Å². The number of carbonyl (C=O) groups excluding carboxylic acids is 3. The molecule has 6 nitrogen and oxygen atoms in total. The number of rotatable bonds is 6. The molecule has 2 unspecified atom stereocenters. The minimum Gasteiger partial charge on any atom is -0.452 e. The van der Waals surface area contributed by atoms with Gasteiger partial charge in [0.05, 0.1) is 17.4 Å². The van der Waals surface area contributed by atoms with E-state index in [1.165, 1.54) is 18.7 Å². The number of hydrogen-bond acceptors (Lipinski definition) is 5. The predicted molar refractivity (Wildman–Crippen MR) is 114 cm³/mol. The van der Waals surface area contributed by atoms with Crippen molar-refractivity contribution in [2.45, 2.75) is 42.9 Å². The third kappa shape index (κ3) is 5.52. The van der Waals surface area contributed by atoms with Crippen LogP contribution in [0.25, 0.3) is 0 Å². The van der Waals surface area contributed by atoms with Crippen molar-refractivity contribution in [1.29, 1.82) is 0 Å². The molecule has 0 spiro atoms. The maximum Gasteiger partial charge on any atom is 0.308 e. The van der Waals surface area contributed by atoms with Crippen molar-refractivity contribution in [1.82, 2.24) is 0 Å². The summed E-state index contributed by atoms with van der Waals surface area (Å²) in [6.07, 6.45) is -0.204. The number of thioether (sulfide) groups is 1. The standard InChI is InChI=1S/C21H21ClN2O4S/c1-3-13-4-7-15(8-5-13)23-20(26)12(2)28-19(25)11-18-21(27)24-16-10-14(22)6-9-17(16)29-18/h4-10,12,18H,3,11H2,1-2H3,(H,23,26)(H,24,27). The molecule has 1 aliphatic rings. The van der Waals surface area contributed by atoms with Gasteiger partial charge in [0.1, 0.15) is 0 Å². The molecule has 0 fully saturated rings. The molecule has 2 amide bonds. The van der Waals surface area contributed by atoms with Crippen LogP contribution in [-0.4, -0.2) is 29.1 Å². The molecular weight excluding hydrogens is 412 g/mol. The molecule has 2 aromatic rings. The zero-order valence-electron chi connectivity index (χ0n) is 16.0. The predicted octanol–water partition coefficient (Wildman–Crippen LogP) is 4.28. The second kappa shape index (κ2) is 9.33. The van der Waals surface area contributed by atoms with Crippen LogP contribution in [0.1, 0.15) is 25.8 Å². The fraction of sp³-hybridized carbons (Fsp3) is 0.286. The Kier molecular flexibility index (Phi) is 6.82. The average molecular weight is 433 g/mol. The Labute approximate surface area is 178 Å². The number of nitrogens with one attached hydrogen (secondary N) is 2. The molecule has 2 aromatic carbocycles. The first-order chi connectivity index (χ1) is 13.9. The van der Waals surface area contributed by atoms with E-state index < -0.39 is 23.2 Å². The lowest BCUT2D eigenvalue weighted by Crippen LogP contribution is -2.34. The molecule has 152 valence electrons. The first-order valence-corrected chi connectivity index (χ1v) is 10.5. The Bertz CT molecular complexity index is 933. The Morgan fingerprint density at radius 2 is 1.97 bits per heavy atom. The summed E-state index contributed by atoms with van der Waals surface area (Å²) in [5.41, 5.74) is 2.42. The van der Waals surface area contributed by atoms with Gasteiger partial charge in [-0.15, -0.1) is 11.8 Å². The summed E-state index contributed by atoms with van der Waals surface area (Å²) in [7, 11) is 0. The van der Waals surface area contributed by atoms with E-state index in [2.05, 4.69) is 10.6 Å². The topological polar surface area (TPSA) is 84.5 Å². The zero-order valence-corrected chi connectivity index (χ0v) is 17.6. The highest BCUT2D eigenvalue weighted by molar-refractivity contribution is 8.01. The first kappa shape index (κ1) is 21.2. The number of fused-ring (bicyclic) bond motifs is 1. The molecule has 0 radical (unpaired) electrons. The van der Waals surface area contributed by atoms with Crippen molar-refractivity contribution in [3.05, 3.63) is 53.1 Å². The van der Waals surface area contributed by atoms with E-state index in [-0.39, 0.29) is 12.3 Å². The third-order valence-electron chi connectivity index (χ3n) is 4.42. The smallest absolute Gasteiger partial charge is 0.308 e. The van der Waals surface area contributed by atoms with Crippen LogP contribution in [-0.2, 0) is 25.5 Å². The Hall–Kier alpha value is -2.51. The second-order valence-electron chi connectivity index (χ2n) is 6.61. The minimum atomic E-state index is -0.976. The van der Waals surface area contributed by atoms with Gasteiger partial charge in [-0.1, -0.05) is 30.7 Å². The van der Waals surface area contributed by atoms with Crippen LogP contribution in [0.5, 0.6) is 0 Å². The largest absolute Gasteiger partial charge is 0.452 e. The van der Waals surface area contributed by atoms with Crippen LogP contribution in [0, 0.1) is 0 Å². The summed E-state index contributed by atoms with van der Waals surface area (Å²) in [5.74, 6) is -1.34. The van der Waals surface area contributed by atoms with Gasteiger partial charge in [0.2, 0.25) is 5.91 Å². The highest BCUT2D eigenvalue weighted by Gasteiger charge is 2.30. The number of anilines is 2. The molecule has 29 heavy (non-hydrogen) atoms. The molecule has 2 N–H and O–H groups in total. The number of benzene rings is 2. The van der Waals surface area contributed by atoms with Crippen LogP contribution in [0.2, 0.25) is 5.02 Å². The van der Waals surface area contributed by atoms with E-state index in [0.29, 0.717) is 16.4 Å². The Morgan fingerprint density at radius 3 is 2.66 bits per heavy atom. The fourth-order valence-corrected chi connectivity index (χ4v) is 4.02. The summed E-state index contributed by atoms with van der Waals surface area (Å²) < 4.78 is 5.22. The van der Waals surface area contributed by atoms with Crippen molar-refractivity contribution < 1.29 is 19.1 Å². The molecule has 0 saturated carbocycles. The van der Waals surface area contributed by atoms with Gasteiger partial charge >= 0.3 is 5.97 Å². The monoisotopic (exact) mass is 432 g/mol. The van der Waals surface area contributed by atoms with Gasteiger partial charge in [-0.25, -0.2) is 0 Å². The number of aryl methyl sites for hydroxylation is 1. The van der Waals surface area contributed by atoms with Crippen molar-refractivity contribution in [2.24, 2.45) is 0 Å². The Balaban J connectivity index is 1.53. The third-order valence-corrected chi connectivity index (χ3v) is 5.93. The molecular formula is C21H21ClN2O4S. The second-order valence-corrected chi connectivity index (χ2v) is 8.29. The van der Waals surface area contributed by atoms with E-state index in [4.69, 9.17) is 16.3 Å². The van der Waals surface area contributed by atoms with E-state index >= 15 is 0 Å². The van der Waals surface area contributed by atoms with Crippen molar-refractivity contribution in [2.75, 3.05) is 10.6 Å². The average Bonchev–Trinajstić information content (AvgIpc) is 2.69. The summed E-state index contributed by atoms with van der Waals surface area (Å²) >= 11 is 7.20. The molecule has 0 bridgehead atoms. The zero-order chi connectivity index (χ0) is 21.0. The molecule has 3 rings (SSSR count). The minimum absolute atomic E-state index is 0.138. The van der Waals surface area contributed by atoms with Gasteiger partial charge in [0, 0.05) is 15.6 Å². The maximum atomic E-state index is 12.3. The highest BCUT2D eigenvalue weighted by Crippen LogP contribution is 2.38. The molecule has 8 heteroatoms. The van der Waals surface area contributed by atoms with Crippen molar-refractivity contribution >= 4 is 52.5 Å². The summed E-state index contributed by atoms with van der Waals surface area (Å²) in [4.78, 5) is 37.6. The summed E-state index contributed by atoms with van der Waals surface area (Å²) in [5, 5.41) is 5.35. The van der Waals surface area contributed by atoms with Crippen molar-refractivity contribution in [3.63, 3.8) is 0 Å². The number of carbonyl (C=O) groups is 3. The molecule has 0 aliphatic carbocycles. The van der Waals surface area contributed by atoms with Crippen LogP contribution in [0.3, 0.4) is 0 Å². The normalized spacial score (nSPS) is 16.4. The van der Waals surface area contributed by atoms with Gasteiger partial charge in [-0.3, -0.25) is 14.4 Å². The van der Waals surface area contributed by atoms with Gasteiger partial charge in [0.15, 0.2) is 6.10 Å². The number of ether oxygens (including phenoxy) is 1. The van der Waals surface area contributed by atoms with Gasteiger partial charge < -0.3 is 15.4 Å². The van der Waals surface area contributed by atoms with Crippen LogP contribution >= 0.6 is 23.4 Å². The van der Waals surface area contributed by atoms with Crippen LogP contribution < -0.4 is 10.6 Å². The van der Waals surface area contributed by atoms with E-state index in [1.807, 2.05) is 19.1 Å². The maximum absolute atomic E-state index is 12.3. The molecule has 1 aliphatic heterocycles. The first-order valence-electron chi connectivity index (χ1n) is 9.22. The summed E-state index contributed by atoms with van der Waals surface area (Å²) in [6, 6.07) is 12.6. The van der Waals surface area contributed by atoms with Crippen molar-refractivity contribution in [3.8, 4) is 0 Å². The number of amides is 2. The SMILES string of the molecule is CCc1ccc(NC(=O)C(C)OC(=O)CC2Sc3ccc(Cl)cc3NC2=O)cc1. The molecule has 0 saturated heterocycles. The number of halogens is 1. The lowest BCUT2D eigenvalue weighted by molar-refractivity contribution is -0.153. The number of hydrogen-bond donors (Lipinski definition) is 2. The molecule has 1 heterocycles. The quantitative estimate of drug-likeness (QED) is 0.665. The fourth-order valence-electron chi connectivity index (χ4n) is 2.77. The highest BCUT2D eigenvalue weighted by atomic mass is 35.5. The van der Waals surface area contributed by atoms with E-state index in [9.17, 15) is 14.4 Å². The van der Waals surface area contributed by atoms with Crippen LogP contribution in [0.15, 0.2) is 47.4 Å². The van der Waals surface area contributed by atoms with Gasteiger partial charge in [-0.2, -0.15) is 0 Å². The molecule has 2 atom stereocenters.